The van der Waals surface area contributed by atoms with E-state index in [1.807, 2.05) is 54.1 Å². The Hall–Kier alpha value is -3.41. The second-order valence-corrected chi connectivity index (χ2v) is 6.58. The minimum atomic E-state index is -0.177. The highest BCUT2D eigenvalue weighted by molar-refractivity contribution is 6.04. The van der Waals surface area contributed by atoms with Crippen LogP contribution in [0.3, 0.4) is 0 Å². The van der Waals surface area contributed by atoms with Gasteiger partial charge in [0.1, 0.15) is 0 Å². The van der Waals surface area contributed by atoms with Crippen LogP contribution in [-0.4, -0.2) is 28.1 Å². The van der Waals surface area contributed by atoms with E-state index in [9.17, 15) is 9.59 Å². The van der Waals surface area contributed by atoms with Crippen molar-refractivity contribution in [3.63, 3.8) is 0 Å². The molecule has 4 rings (SSSR count). The molecule has 136 valence electrons. The molecule has 0 aliphatic carbocycles. The summed E-state index contributed by atoms with van der Waals surface area (Å²) in [5.41, 5.74) is 4.08. The SMILES string of the molecule is Cc1ccnn1-c1ccc(C(=O)Nc2ccc(N3CCCC3=O)cc2)cc1. The van der Waals surface area contributed by atoms with Crippen LogP contribution in [0.4, 0.5) is 11.4 Å². The van der Waals surface area contributed by atoms with Gasteiger partial charge in [-0.1, -0.05) is 0 Å². The monoisotopic (exact) mass is 360 g/mol. The van der Waals surface area contributed by atoms with Crippen molar-refractivity contribution in [3.05, 3.63) is 72.1 Å². The lowest BCUT2D eigenvalue weighted by Gasteiger charge is -2.16. The molecule has 0 spiro atoms. The molecule has 1 aromatic heterocycles. The second-order valence-electron chi connectivity index (χ2n) is 6.58. The maximum atomic E-state index is 12.5. The molecule has 2 aromatic carbocycles. The number of aryl methyl sites for hydroxylation is 1. The summed E-state index contributed by atoms with van der Waals surface area (Å²) in [6.07, 6.45) is 3.24. The zero-order valence-electron chi connectivity index (χ0n) is 15.1. The number of anilines is 2. The van der Waals surface area contributed by atoms with Crippen molar-refractivity contribution in [1.29, 1.82) is 0 Å². The van der Waals surface area contributed by atoms with Gasteiger partial charge in [-0.05, 0) is 67.9 Å². The summed E-state index contributed by atoms with van der Waals surface area (Å²) in [6, 6.07) is 16.6. The molecule has 1 aliphatic rings. The summed E-state index contributed by atoms with van der Waals surface area (Å²) in [4.78, 5) is 26.1. The zero-order valence-corrected chi connectivity index (χ0v) is 15.1. The van der Waals surface area contributed by atoms with Crippen LogP contribution in [0.5, 0.6) is 0 Å². The Labute approximate surface area is 157 Å². The van der Waals surface area contributed by atoms with E-state index in [1.54, 1.807) is 23.2 Å². The van der Waals surface area contributed by atoms with Gasteiger partial charge in [0.2, 0.25) is 5.91 Å². The molecule has 1 saturated heterocycles. The summed E-state index contributed by atoms with van der Waals surface area (Å²) in [7, 11) is 0. The highest BCUT2D eigenvalue weighted by Crippen LogP contribution is 2.23. The van der Waals surface area contributed by atoms with Gasteiger partial charge in [-0.3, -0.25) is 9.59 Å². The minimum Gasteiger partial charge on any atom is -0.322 e. The lowest BCUT2D eigenvalue weighted by Crippen LogP contribution is -2.23. The zero-order chi connectivity index (χ0) is 18.8. The molecule has 0 unspecified atom stereocenters. The Morgan fingerprint density at radius 1 is 1.00 bits per heavy atom. The van der Waals surface area contributed by atoms with Crippen molar-refractivity contribution in [2.24, 2.45) is 0 Å². The number of carbonyl (C=O) groups is 2. The fourth-order valence-electron chi connectivity index (χ4n) is 3.24. The van der Waals surface area contributed by atoms with Crippen molar-refractivity contribution in [2.45, 2.75) is 19.8 Å². The first-order valence-electron chi connectivity index (χ1n) is 8.95. The van der Waals surface area contributed by atoms with Crippen LogP contribution in [0.1, 0.15) is 28.9 Å². The van der Waals surface area contributed by atoms with Crippen LogP contribution in [0.15, 0.2) is 60.8 Å². The molecule has 6 heteroatoms. The van der Waals surface area contributed by atoms with Gasteiger partial charge in [0.25, 0.3) is 5.91 Å². The average Bonchev–Trinajstić information content (AvgIpc) is 3.31. The Morgan fingerprint density at radius 2 is 1.70 bits per heavy atom. The third-order valence-corrected chi connectivity index (χ3v) is 4.72. The fraction of sp³-hybridized carbons (Fsp3) is 0.190. The molecule has 1 N–H and O–H groups in total. The Balaban J connectivity index is 1.44. The van der Waals surface area contributed by atoms with E-state index in [1.165, 1.54) is 0 Å². The molecular weight excluding hydrogens is 340 g/mol. The van der Waals surface area contributed by atoms with E-state index < -0.39 is 0 Å². The van der Waals surface area contributed by atoms with Gasteiger partial charge < -0.3 is 10.2 Å². The summed E-state index contributed by atoms with van der Waals surface area (Å²) >= 11 is 0. The number of amides is 2. The predicted octanol–water partition coefficient (Wildman–Crippen LogP) is 3.56. The van der Waals surface area contributed by atoms with E-state index in [0.717, 1.165) is 30.0 Å². The number of nitrogens with one attached hydrogen (secondary N) is 1. The molecular formula is C21H20N4O2. The van der Waals surface area contributed by atoms with E-state index >= 15 is 0 Å². The quantitative estimate of drug-likeness (QED) is 0.773. The van der Waals surface area contributed by atoms with Gasteiger partial charge in [0.15, 0.2) is 0 Å². The highest BCUT2D eigenvalue weighted by atomic mass is 16.2. The maximum Gasteiger partial charge on any atom is 0.255 e. The number of hydrogen-bond donors (Lipinski definition) is 1. The van der Waals surface area contributed by atoms with E-state index in [-0.39, 0.29) is 11.8 Å². The van der Waals surface area contributed by atoms with E-state index in [4.69, 9.17) is 0 Å². The number of aromatic nitrogens is 2. The third kappa shape index (κ3) is 3.46. The highest BCUT2D eigenvalue weighted by Gasteiger charge is 2.21. The summed E-state index contributed by atoms with van der Waals surface area (Å²) in [5, 5.41) is 7.15. The molecule has 0 atom stereocenters. The second kappa shape index (κ2) is 7.07. The van der Waals surface area contributed by atoms with Gasteiger partial charge in [-0.25, -0.2) is 4.68 Å². The van der Waals surface area contributed by atoms with Crippen LogP contribution in [0.25, 0.3) is 5.69 Å². The van der Waals surface area contributed by atoms with Gasteiger partial charge in [-0.2, -0.15) is 5.10 Å². The van der Waals surface area contributed by atoms with E-state index in [0.29, 0.717) is 17.7 Å². The topological polar surface area (TPSA) is 67.2 Å². The minimum absolute atomic E-state index is 0.152. The van der Waals surface area contributed by atoms with Gasteiger partial charge in [0, 0.05) is 41.8 Å². The lowest BCUT2D eigenvalue weighted by atomic mass is 10.2. The van der Waals surface area contributed by atoms with Crippen LogP contribution in [-0.2, 0) is 4.79 Å². The number of nitrogens with zero attached hydrogens (tertiary/aromatic N) is 3. The van der Waals surface area contributed by atoms with Gasteiger partial charge >= 0.3 is 0 Å². The number of carbonyl (C=O) groups excluding carboxylic acids is 2. The van der Waals surface area contributed by atoms with Gasteiger partial charge in [0.05, 0.1) is 5.69 Å². The lowest BCUT2D eigenvalue weighted by molar-refractivity contribution is -0.117. The molecule has 2 heterocycles. The maximum absolute atomic E-state index is 12.5. The van der Waals surface area contributed by atoms with Crippen LogP contribution < -0.4 is 10.2 Å². The Kier molecular flexibility index (Phi) is 4.46. The van der Waals surface area contributed by atoms with Gasteiger partial charge in [-0.15, -0.1) is 0 Å². The van der Waals surface area contributed by atoms with Crippen molar-refractivity contribution in [3.8, 4) is 5.69 Å². The average molecular weight is 360 g/mol. The summed E-state index contributed by atoms with van der Waals surface area (Å²) in [5.74, 6) is -0.0250. The summed E-state index contributed by atoms with van der Waals surface area (Å²) < 4.78 is 1.82. The molecule has 0 saturated carbocycles. The first kappa shape index (κ1) is 17.0. The smallest absolute Gasteiger partial charge is 0.255 e. The molecule has 0 radical (unpaired) electrons. The molecule has 2 amide bonds. The molecule has 1 aliphatic heterocycles. The fourth-order valence-corrected chi connectivity index (χ4v) is 3.24. The molecule has 1 fully saturated rings. The van der Waals surface area contributed by atoms with Crippen molar-refractivity contribution >= 4 is 23.2 Å². The third-order valence-electron chi connectivity index (χ3n) is 4.72. The predicted molar refractivity (Wildman–Crippen MR) is 104 cm³/mol. The number of hydrogen-bond acceptors (Lipinski definition) is 3. The number of benzene rings is 2. The van der Waals surface area contributed by atoms with Crippen LogP contribution in [0.2, 0.25) is 0 Å². The normalized spacial score (nSPS) is 13.8. The van der Waals surface area contributed by atoms with Crippen LogP contribution in [0, 0.1) is 6.92 Å². The van der Waals surface area contributed by atoms with Crippen molar-refractivity contribution < 1.29 is 9.59 Å². The Morgan fingerprint density at radius 3 is 2.30 bits per heavy atom. The standard InChI is InChI=1S/C21H20N4O2/c1-15-12-13-22-25(15)19-8-4-16(5-9-19)21(27)23-17-6-10-18(11-7-17)24-14-2-3-20(24)26/h4-13H,2-3,14H2,1H3,(H,23,27). The van der Waals surface area contributed by atoms with Crippen molar-refractivity contribution in [2.75, 3.05) is 16.8 Å². The first-order valence-corrected chi connectivity index (χ1v) is 8.95. The molecule has 3 aromatic rings. The summed E-state index contributed by atoms with van der Waals surface area (Å²) in [6.45, 7) is 2.74. The van der Waals surface area contributed by atoms with E-state index in [2.05, 4.69) is 10.4 Å². The Bertz CT molecular complexity index is 974. The molecule has 6 nitrogen and oxygen atoms in total. The largest absolute Gasteiger partial charge is 0.322 e. The van der Waals surface area contributed by atoms with Crippen molar-refractivity contribution in [1.82, 2.24) is 9.78 Å². The molecule has 0 bridgehead atoms. The molecule has 27 heavy (non-hydrogen) atoms. The number of rotatable bonds is 4. The van der Waals surface area contributed by atoms with Crippen LogP contribution >= 0.6 is 0 Å². The first-order chi connectivity index (χ1) is 13.1.